The Labute approximate surface area is 102 Å². The fourth-order valence-electron chi connectivity index (χ4n) is 2.47. The summed E-state index contributed by atoms with van der Waals surface area (Å²) < 4.78 is 10.9. The van der Waals surface area contributed by atoms with Crippen molar-refractivity contribution in [3.63, 3.8) is 0 Å². The van der Waals surface area contributed by atoms with Crippen LogP contribution in [0.25, 0.3) is 0 Å². The standard InChI is InChI=1S/C13H20N2O2/c1-3-12-11(4-5-17-12)13(14)9-6-10(16-2)8-15-7-9/h6-8,11-13H,3-5,14H2,1-2H3. The molecule has 1 saturated heterocycles. The maximum atomic E-state index is 6.31. The molecule has 0 bridgehead atoms. The molecule has 1 aliphatic rings. The van der Waals surface area contributed by atoms with E-state index in [-0.39, 0.29) is 12.1 Å². The maximum Gasteiger partial charge on any atom is 0.137 e. The molecule has 4 nitrogen and oxygen atoms in total. The highest BCUT2D eigenvalue weighted by molar-refractivity contribution is 5.26. The third-order valence-electron chi connectivity index (χ3n) is 3.48. The van der Waals surface area contributed by atoms with Crippen LogP contribution in [-0.4, -0.2) is 24.8 Å². The van der Waals surface area contributed by atoms with Crippen LogP contribution in [0.15, 0.2) is 18.5 Å². The Morgan fingerprint density at radius 3 is 3.12 bits per heavy atom. The second-order valence-corrected chi connectivity index (χ2v) is 4.45. The fourth-order valence-corrected chi connectivity index (χ4v) is 2.47. The molecule has 0 amide bonds. The molecule has 0 radical (unpaired) electrons. The van der Waals surface area contributed by atoms with Gasteiger partial charge in [-0.1, -0.05) is 6.92 Å². The van der Waals surface area contributed by atoms with Crippen molar-refractivity contribution in [1.82, 2.24) is 4.98 Å². The van der Waals surface area contributed by atoms with Crippen molar-refractivity contribution in [2.75, 3.05) is 13.7 Å². The van der Waals surface area contributed by atoms with E-state index in [0.717, 1.165) is 30.8 Å². The van der Waals surface area contributed by atoms with Gasteiger partial charge in [0, 0.05) is 24.8 Å². The van der Waals surface area contributed by atoms with Gasteiger partial charge in [-0.3, -0.25) is 4.98 Å². The van der Waals surface area contributed by atoms with E-state index in [9.17, 15) is 0 Å². The van der Waals surface area contributed by atoms with Gasteiger partial charge in [-0.25, -0.2) is 0 Å². The Kier molecular flexibility index (Phi) is 3.97. The van der Waals surface area contributed by atoms with Crippen LogP contribution in [-0.2, 0) is 4.74 Å². The Hall–Kier alpha value is -1.13. The third-order valence-corrected chi connectivity index (χ3v) is 3.48. The minimum Gasteiger partial charge on any atom is -0.495 e. The third kappa shape index (κ3) is 2.58. The summed E-state index contributed by atoms with van der Waals surface area (Å²) >= 11 is 0. The van der Waals surface area contributed by atoms with Gasteiger partial charge in [0.15, 0.2) is 0 Å². The van der Waals surface area contributed by atoms with Gasteiger partial charge in [-0.15, -0.1) is 0 Å². The number of rotatable bonds is 4. The zero-order chi connectivity index (χ0) is 12.3. The van der Waals surface area contributed by atoms with E-state index in [0.29, 0.717) is 5.92 Å². The lowest BCUT2D eigenvalue weighted by Gasteiger charge is -2.23. The fraction of sp³-hybridized carbons (Fsp3) is 0.615. The molecule has 2 heterocycles. The van der Waals surface area contributed by atoms with Gasteiger partial charge in [-0.05, 0) is 24.5 Å². The first-order valence-electron chi connectivity index (χ1n) is 6.12. The minimum absolute atomic E-state index is 0.0231. The zero-order valence-corrected chi connectivity index (χ0v) is 10.4. The molecule has 0 aliphatic carbocycles. The largest absolute Gasteiger partial charge is 0.495 e. The van der Waals surface area contributed by atoms with E-state index < -0.39 is 0 Å². The molecule has 0 aromatic carbocycles. The van der Waals surface area contributed by atoms with Gasteiger partial charge in [0.1, 0.15) is 5.75 Å². The molecular weight excluding hydrogens is 216 g/mol. The van der Waals surface area contributed by atoms with Gasteiger partial charge >= 0.3 is 0 Å². The number of ether oxygens (including phenoxy) is 2. The van der Waals surface area contributed by atoms with E-state index in [4.69, 9.17) is 15.2 Å². The van der Waals surface area contributed by atoms with E-state index >= 15 is 0 Å². The molecule has 1 aromatic heterocycles. The molecule has 2 rings (SSSR count). The highest BCUT2D eigenvalue weighted by Crippen LogP contribution is 2.33. The molecule has 1 aromatic rings. The molecule has 0 saturated carbocycles. The molecule has 94 valence electrons. The number of nitrogens with two attached hydrogens (primary N) is 1. The number of hydrogen-bond donors (Lipinski definition) is 1. The van der Waals surface area contributed by atoms with Crippen molar-refractivity contribution in [1.29, 1.82) is 0 Å². The van der Waals surface area contributed by atoms with Crippen molar-refractivity contribution in [2.24, 2.45) is 11.7 Å². The molecular formula is C13H20N2O2. The highest BCUT2D eigenvalue weighted by atomic mass is 16.5. The quantitative estimate of drug-likeness (QED) is 0.867. The summed E-state index contributed by atoms with van der Waals surface area (Å²) in [5.74, 6) is 1.14. The summed E-state index contributed by atoms with van der Waals surface area (Å²) in [6, 6.07) is 1.94. The van der Waals surface area contributed by atoms with Crippen LogP contribution in [0.2, 0.25) is 0 Å². The van der Waals surface area contributed by atoms with Crippen LogP contribution in [0.4, 0.5) is 0 Å². The SMILES string of the molecule is CCC1OCCC1C(N)c1cncc(OC)c1. The van der Waals surface area contributed by atoms with Crippen LogP contribution in [0.1, 0.15) is 31.4 Å². The molecule has 3 unspecified atom stereocenters. The zero-order valence-electron chi connectivity index (χ0n) is 10.4. The normalized spacial score (nSPS) is 25.8. The summed E-state index contributed by atoms with van der Waals surface area (Å²) in [5.41, 5.74) is 7.34. The minimum atomic E-state index is -0.0231. The van der Waals surface area contributed by atoms with Gasteiger partial charge < -0.3 is 15.2 Å². The molecule has 4 heteroatoms. The van der Waals surface area contributed by atoms with E-state index in [1.165, 1.54) is 0 Å². The first-order valence-corrected chi connectivity index (χ1v) is 6.12. The molecule has 1 aliphatic heterocycles. The second-order valence-electron chi connectivity index (χ2n) is 4.45. The summed E-state index contributed by atoms with van der Waals surface area (Å²) in [4.78, 5) is 4.15. The van der Waals surface area contributed by atoms with Crippen LogP contribution < -0.4 is 10.5 Å². The molecule has 3 atom stereocenters. The molecule has 17 heavy (non-hydrogen) atoms. The van der Waals surface area contributed by atoms with Gasteiger partial charge in [0.05, 0.1) is 19.4 Å². The first-order chi connectivity index (χ1) is 8.26. The maximum absolute atomic E-state index is 6.31. The number of aromatic nitrogens is 1. The van der Waals surface area contributed by atoms with Crippen LogP contribution >= 0.6 is 0 Å². The van der Waals surface area contributed by atoms with Crippen molar-refractivity contribution < 1.29 is 9.47 Å². The number of hydrogen-bond acceptors (Lipinski definition) is 4. The number of nitrogens with zero attached hydrogens (tertiary/aromatic N) is 1. The van der Waals surface area contributed by atoms with E-state index in [2.05, 4.69) is 11.9 Å². The molecule has 1 fully saturated rings. The van der Waals surface area contributed by atoms with Crippen LogP contribution in [0.3, 0.4) is 0 Å². The van der Waals surface area contributed by atoms with Crippen LogP contribution in [0, 0.1) is 5.92 Å². The lowest BCUT2D eigenvalue weighted by atomic mass is 9.88. The summed E-state index contributed by atoms with van der Waals surface area (Å²) in [7, 11) is 1.64. The Morgan fingerprint density at radius 2 is 2.41 bits per heavy atom. The van der Waals surface area contributed by atoms with Crippen molar-refractivity contribution in [2.45, 2.75) is 31.9 Å². The van der Waals surface area contributed by atoms with E-state index in [1.54, 1.807) is 13.3 Å². The highest BCUT2D eigenvalue weighted by Gasteiger charge is 2.32. The molecule has 2 N–H and O–H groups in total. The monoisotopic (exact) mass is 236 g/mol. The van der Waals surface area contributed by atoms with Crippen molar-refractivity contribution >= 4 is 0 Å². The van der Waals surface area contributed by atoms with Crippen molar-refractivity contribution in [3.8, 4) is 5.75 Å². The summed E-state index contributed by atoms with van der Waals surface area (Å²) in [6.45, 7) is 2.95. The van der Waals surface area contributed by atoms with Crippen molar-refractivity contribution in [3.05, 3.63) is 24.0 Å². The van der Waals surface area contributed by atoms with Crippen LogP contribution in [0.5, 0.6) is 5.75 Å². The second kappa shape index (κ2) is 5.47. The predicted molar refractivity (Wildman–Crippen MR) is 65.9 cm³/mol. The Morgan fingerprint density at radius 1 is 1.59 bits per heavy atom. The topological polar surface area (TPSA) is 57.4 Å². The lowest BCUT2D eigenvalue weighted by Crippen LogP contribution is -2.28. The van der Waals surface area contributed by atoms with Gasteiger partial charge in [-0.2, -0.15) is 0 Å². The average Bonchev–Trinajstić information content (AvgIpc) is 2.86. The Bertz CT molecular complexity index is 370. The summed E-state index contributed by atoms with van der Waals surface area (Å²) in [5, 5.41) is 0. The Balaban J connectivity index is 2.15. The number of methoxy groups -OCH3 is 1. The van der Waals surface area contributed by atoms with E-state index in [1.807, 2.05) is 12.3 Å². The average molecular weight is 236 g/mol. The lowest BCUT2D eigenvalue weighted by molar-refractivity contribution is 0.0813. The molecule has 0 spiro atoms. The smallest absolute Gasteiger partial charge is 0.137 e. The first kappa shape index (κ1) is 12.3. The van der Waals surface area contributed by atoms with Gasteiger partial charge in [0.25, 0.3) is 0 Å². The predicted octanol–water partition coefficient (Wildman–Crippen LogP) is 1.91. The summed E-state index contributed by atoms with van der Waals surface area (Å²) in [6.07, 6.45) is 5.82. The van der Waals surface area contributed by atoms with Gasteiger partial charge in [0.2, 0.25) is 0 Å². The number of pyridine rings is 1.